The average Bonchev–Trinajstić information content (AvgIpc) is 2.59. The fourth-order valence-corrected chi connectivity index (χ4v) is 1.82. The lowest BCUT2D eigenvalue weighted by molar-refractivity contribution is 0.0941. The molecule has 0 radical (unpaired) electrons. The topological polar surface area (TPSA) is 45.8 Å². The largest absolute Gasteiger partial charge is 0.345 e. The number of pyridine rings is 1. The van der Waals surface area contributed by atoms with Gasteiger partial charge in [-0.05, 0) is 22.0 Å². The van der Waals surface area contributed by atoms with Crippen molar-refractivity contribution >= 4 is 32.7 Å². The molecular weight excluding hydrogens is 256 g/mol. The summed E-state index contributed by atoms with van der Waals surface area (Å²) in [5.41, 5.74) is 1.47. The van der Waals surface area contributed by atoms with Gasteiger partial charge in [0.05, 0.1) is 0 Å². The van der Waals surface area contributed by atoms with E-state index in [1.807, 2.05) is 19.9 Å². The first-order valence-corrected chi connectivity index (χ1v) is 5.55. The summed E-state index contributed by atoms with van der Waals surface area (Å²) in [5.74, 6) is 0.143. The van der Waals surface area contributed by atoms with Crippen molar-refractivity contribution in [2.45, 2.75) is 13.8 Å². The first-order valence-electron chi connectivity index (χ1n) is 4.76. The van der Waals surface area contributed by atoms with E-state index in [9.17, 15) is 4.79 Å². The number of carbonyl (C=O) groups is 1. The second kappa shape index (κ2) is 3.77. The number of aromatic nitrogens is 2. The van der Waals surface area contributed by atoms with Gasteiger partial charge in [-0.2, -0.15) is 0 Å². The zero-order chi connectivity index (χ0) is 11.0. The van der Waals surface area contributed by atoms with E-state index in [1.165, 1.54) is 0 Å². The van der Waals surface area contributed by atoms with Gasteiger partial charge in [0.25, 0.3) is 0 Å². The number of hydrogen-bond acceptors (Lipinski definition) is 2. The van der Waals surface area contributed by atoms with Crippen LogP contribution in [0.2, 0.25) is 0 Å². The number of fused-ring (bicyclic) bond motifs is 1. The van der Waals surface area contributed by atoms with Crippen LogP contribution < -0.4 is 0 Å². The molecule has 2 rings (SSSR count). The number of ketones is 1. The number of halogens is 1. The summed E-state index contributed by atoms with van der Waals surface area (Å²) >= 11 is 3.35. The van der Waals surface area contributed by atoms with Crippen LogP contribution in [0.15, 0.2) is 22.9 Å². The summed E-state index contributed by atoms with van der Waals surface area (Å²) in [6.45, 7) is 3.79. The zero-order valence-corrected chi connectivity index (χ0v) is 10.1. The molecule has 2 aromatic heterocycles. The van der Waals surface area contributed by atoms with Gasteiger partial charge in [0.2, 0.25) is 0 Å². The van der Waals surface area contributed by atoms with Crippen LogP contribution >= 0.6 is 15.9 Å². The van der Waals surface area contributed by atoms with Crippen LogP contribution in [-0.2, 0) is 0 Å². The molecule has 0 bridgehead atoms. The van der Waals surface area contributed by atoms with E-state index < -0.39 is 0 Å². The van der Waals surface area contributed by atoms with Crippen molar-refractivity contribution in [1.29, 1.82) is 0 Å². The van der Waals surface area contributed by atoms with E-state index in [1.54, 1.807) is 12.4 Å². The number of nitrogens with one attached hydrogen (secondary N) is 1. The summed E-state index contributed by atoms with van der Waals surface area (Å²) < 4.78 is 0.882. The smallest absolute Gasteiger partial charge is 0.167 e. The molecule has 0 aliphatic rings. The lowest BCUT2D eigenvalue weighted by Crippen LogP contribution is -2.06. The maximum atomic E-state index is 11.9. The summed E-state index contributed by atoms with van der Waals surface area (Å²) in [5, 5.41) is 0.878. The van der Waals surface area contributed by atoms with Gasteiger partial charge in [-0.25, -0.2) is 4.98 Å². The molecule has 0 amide bonds. The summed E-state index contributed by atoms with van der Waals surface area (Å²) in [4.78, 5) is 19.1. The number of hydrogen-bond donors (Lipinski definition) is 1. The number of rotatable bonds is 2. The molecule has 0 spiro atoms. The van der Waals surface area contributed by atoms with Gasteiger partial charge in [-0.15, -0.1) is 0 Å². The molecule has 0 aromatic carbocycles. The Morgan fingerprint density at radius 2 is 2.27 bits per heavy atom. The molecule has 0 atom stereocenters. The monoisotopic (exact) mass is 266 g/mol. The van der Waals surface area contributed by atoms with Gasteiger partial charge in [0.15, 0.2) is 5.78 Å². The van der Waals surface area contributed by atoms with Crippen LogP contribution in [0.1, 0.15) is 24.2 Å². The van der Waals surface area contributed by atoms with E-state index >= 15 is 0 Å². The fraction of sp³-hybridized carbons (Fsp3) is 0.273. The lowest BCUT2D eigenvalue weighted by atomic mass is 10.0. The van der Waals surface area contributed by atoms with Gasteiger partial charge >= 0.3 is 0 Å². The number of carbonyl (C=O) groups excluding carboxylic acids is 1. The second-order valence-electron chi connectivity index (χ2n) is 3.77. The van der Waals surface area contributed by atoms with Crippen molar-refractivity contribution < 1.29 is 4.79 Å². The predicted octanol–water partition coefficient (Wildman–Crippen LogP) is 3.16. The fourth-order valence-electron chi connectivity index (χ4n) is 1.49. The Morgan fingerprint density at radius 3 is 2.93 bits per heavy atom. The molecule has 0 aliphatic heterocycles. The van der Waals surface area contributed by atoms with Crippen LogP contribution in [0.5, 0.6) is 0 Å². The first kappa shape index (κ1) is 10.4. The van der Waals surface area contributed by atoms with Crippen molar-refractivity contribution in [2.24, 2.45) is 5.92 Å². The summed E-state index contributed by atoms with van der Waals surface area (Å²) in [6.07, 6.45) is 3.44. The van der Waals surface area contributed by atoms with Crippen LogP contribution in [0.4, 0.5) is 0 Å². The standard InChI is InChI=1S/C11H11BrN2O/c1-6(2)10(15)9-5-14-11-8(9)3-7(12)4-13-11/h3-6H,1-2H3,(H,13,14). The Balaban J connectivity index is 2.62. The Hall–Kier alpha value is -1.16. The highest BCUT2D eigenvalue weighted by molar-refractivity contribution is 9.10. The number of nitrogens with zero attached hydrogens (tertiary/aromatic N) is 1. The first-order chi connectivity index (χ1) is 7.09. The van der Waals surface area contributed by atoms with Crippen LogP contribution in [0.25, 0.3) is 11.0 Å². The lowest BCUT2D eigenvalue weighted by Gasteiger charge is -2.01. The van der Waals surface area contributed by atoms with E-state index in [4.69, 9.17) is 0 Å². The van der Waals surface area contributed by atoms with Crippen LogP contribution in [0, 0.1) is 5.92 Å². The van der Waals surface area contributed by atoms with Gasteiger partial charge in [0.1, 0.15) is 5.65 Å². The third-order valence-corrected chi connectivity index (χ3v) is 2.72. The maximum Gasteiger partial charge on any atom is 0.167 e. The second-order valence-corrected chi connectivity index (χ2v) is 4.69. The Kier molecular flexibility index (Phi) is 2.61. The third-order valence-electron chi connectivity index (χ3n) is 2.29. The molecule has 0 saturated heterocycles. The predicted molar refractivity (Wildman–Crippen MR) is 63.0 cm³/mol. The molecular formula is C11H11BrN2O. The summed E-state index contributed by atoms with van der Waals surface area (Å²) in [7, 11) is 0. The van der Waals surface area contributed by atoms with E-state index in [2.05, 4.69) is 25.9 Å². The summed E-state index contributed by atoms with van der Waals surface area (Å²) in [6, 6.07) is 1.91. The Bertz CT molecular complexity index is 516. The van der Waals surface area contributed by atoms with Crippen molar-refractivity contribution in [3.63, 3.8) is 0 Å². The van der Waals surface area contributed by atoms with E-state index in [0.717, 1.165) is 15.5 Å². The molecule has 1 N–H and O–H groups in total. The Labute approximate surface area is 96.0 Å². The van der Waals surface area contributed by atoms with Gasteiger partial charge < -0.3 is 4.98 Å². The van der Waals surface area contributed by atoms with Crippen LogP contribution in [-0.4, -0.2) is 15.8 Å². The van der Waals surface area contributed by atoms with E-state index in [0.29, 0.717) is 5.56 Å². The van der Waals surface area contributed by atoms with Crippen molar-refractivity contribution in [3.05, 3.63) is 28.5 Å². The van der Waals surface area contributed by atoms with Gasteiger partial charge in [-0.1, -0.05) is 13.8 Å². The zero-order valence-electron chi connectivity index (χ0n) is 8.54. The maximum absolute atomic E-state index is 11.9. The van der Waals surface area contributed by atoms with Gasteiger partial charge in [0, 0.05) is 33.7 Å². The average molecular weight is 267 g/mol. The number of aromatic amines is 1. The Morgan fingerprint density at radius 1 is 1.53 bits per heavy atom. The molecule has 2 heterocycles. The highest BCUT2D eigenvalue weighted by atomic mass is 79.9. The molecule has 0 unspecified atom stereocenters. The molecule has 78 valence electrons. The molecule has 0 aliphatic carbocycles. The molecule has 4 heteroatoms. The molecule has 2 aromatic rings. The molecule has 0 saturated carbocycles. The SMILES string of the molecule is CC(C)C(=O)c1c[nH]c2ncc(Br)cc12. The minimum absolute atomic E-state index is 0.00276. The highest BCUT2D eigenvalue weighted by Gasteiger charge is 2.15. The van der Waals surface area contributed by atoms with Crippen molar-refractivity contribution in [2.75, 3.05) is 0 Å². The minimum Gasteiger partial charge on any atom is -0.345 e. The third kappa shape index (κ3) is 1.81. The number of Topliss-reactive ketones (excluding diaryl/α,β-unsaturated/α-hetero) is 1. The quantitative estimate of drug-likeness (QED) is 0.849. The molecule has 3 nitrogen and oxygen atoms in total. The highest BCUT2D eigenvalue weighted by Crippen LogP contribution is 2.22. The van der Waals surface area contributed by atoms with Crippen LogP contribution in [0.3, 0.4) is 0 Å². The molecule has 15 heavy (non-hydrogen) atoms. The molecule has 0 fully saturated rings. The van der Waals surface area contributed by atoms with E-state index in [-0.39, 0.29) is 11.7 Å². The van der Waals surface area contributed by atoms with Crippen molar-refractivity contribution in [3.8, 4) is 0 Å². The van der Waals surface area contributed by atoms with Gasteiger partial charge in [-0.3, -0.25) is 4.79 Å². The minimum atomic E-state index is 0.00276. The normalized spacial score (nSPS) is 11.2. The van der Waals surface area contributed by atoms with Crippen molar-refractivity contribution in [1.82, 2.24) is 9.97 Å². The number of H-pyrrole nitrogens is 1.